The SMILES string of the molecule is CC(C)Cc1ccc(C2CN=C(c3ccc(C4CCCC4)c4ccccc34)N2)cc1C#N. The summed E-state index contributed by atoms with van der Waals surface area (Å²) in [6.07, 6.45) is 6.23. The van der Waals surface area contributed by atoms with Gasteiger partial charge in [0.2, 0.25) is 0 Å². The zero-order chi connectivity index (χ0) is 22.1. The maximum Gasteiger partial charge on any atom is 0.129 e. The molecule has 3 aromatic rings. The lowest BCUT2D eigenvalue weighted by Gasteiger charge is -2.18. The number of hydrogen-bond acceptors (Lipinski definition) is 3. The number of nitrogens with one attached hydrogen (secondary N) is 1. The average Bonchev–Trinajstić information content (AvgIpc) is 3.51. The predicted molar refractivity (Wildman–Crippen MR) is 132 cm³/mol. The summed E-state index contributed by atoms with van der Waals surface area (Å²) in [5.41, 5.74) is 5.74. The van der Waals surface area contributed by atoms with Crippen LogP contribution >= 0.6 is 0 Å². The number of nitrogens with zero attached hydrogens (tertiary/aromatic N) is 2. The van der Waals surface area contributed by atoms with Gasteiger partial charge in [0, 0.05) is 5.56 Å². The Morgan fingerprint density at radius 3 is 2.56 bits per heavy atom. The van der Waals surface area contributed by atoms with E-state index in [1.807, 2.05) is 0 Å². The first-order valence-electron chi connectivity index (χ1n) is 12.0. The van der Waals surface area contributed by atoms with E-state index in [1.165, 1.54) is 47.6 Å². The normalized spacial score (nSPS) is 18.7. The number of benzene rings is 3. The van der Waals surface area contributed by atoms with Gasteiger partial charge in [-0.2, -0.15) is 5.26 Å². The molecule has 1 aliphatic heterocycles. The van der Waals surface area contributed by atoms with Crippen molar-refractivity contribution in [2.75, 3.05) is 6.54 Å². The minimum Gasteiger partial charge on any atom is -0.361 e. The van der Waals surface area contributed by atoms with E-state index in [9.17, 15) is 5.26 Å². The van der Waals surface area contributed by atoms with Crippen LogP contribution in [0.1, 0.15) is 79.3 Å². The zero-order valence-corrected chi connectivity index (χ0v) is 19.1. The molecule has 1 atom stereocenters. The minimum absolute atomic E-state index is 0.110. The second kappa shape index (κ2) is 8.79. The van der Waals surface area contributed by atoms with Crippen LogP contribution < -0.4 is 5.32 Å². The van der Waals surface area contributed by atoms with E-state index in [0.717, 1.165) is 28.9 Å². The van der Waals surface area contributed by atoms with Crippen LogP contribution in [0.4, 0.5) is 0 Å². The van der Waals surface area contributed by atoms with E-state index in [0.29, 0.717) is 18.4 Å². The Morgan fingerprint density at radius 1 is 1.03 bits per heavy atom. The first-order chi connectivity index (χ1) is 15.6. The van der Waals surface area contributed by atoms with Crippen molar-refractivity contribution >= 4 is 16.6 Å². The van der Waals surface area contributed by atoms with Crippen LogP contribution in [-0.2, 0) is 6.42 Å². The topological polar surface area (TPSA) is 48.2 Å². The van der Waals surface area contributed by atoms with Crippen LogP contribution in [0.25, 0.3) is 10.8 Å². The molecule has 5 rings (SSSR count). The number of fused-ring (bicyclic) bond motifs is 1. The molecule has 0 saturated heterocycles. The first-order valence-corrected chi connectivity index (χ1v) is 12.0. The van der Waals surface area contributed by atoms with E-state index in [-0.39, 0.29) is 6.04 Å². The molecule has 3 heteroatoms. The molecule has 0 bridgehead atoms. The van der Waals surface area contributed by atoms with Crippen LogP contribution in [0.5, 0.6) is 0 Å². The van der Waals surface area contributed by atoms with E-state index in [2.05, 4.69) is 79.8 Å². The lowest BCUT2D eigenvalue weighted by atomic mass is 9.90. The van der Waals surface area contributed by atoms with Gasteiger partial charge in [-0.25, -0.2) is 0 Å². The molecular formula is C29H31N3. The third-order valence-corrected chi connectivity index (χ3v) is 7.04. The van der Waals surface area contributed by atoms with Crippen molar-refractivity contribution in [3.05, 3.63) is 82.4 Å². The molecule has 2 aliphatic rings. The van der Waals surface area contributed by atoms with Crippen molar-refractivity contribution in [3.8, 4) is 6.07 Å². The second-order valence-electron chi connectivity index (χ2n) is 9.74. The van der Waals surface area contributed by atoms with Gasteiger partial charge in [-0.15, -0.1) is 0 Å². The van der Waals surface area contributed by atoms with Crippen molar-refractivity contribution in [2.45, 2.75) is 57.9 Å². The highest BCUT2D eigenvalue weighted by Crippen LogP contribution is 2.38. The van der Waals surface area contributed by atoms with Gasteiger partial charge in [0.15, 0.2) is 0 Å². The van der Waals surface area contributed by atoms with E-state index < -0.39 is 0 Å². The Morgan fingerprint density at radius 2 is 1.81 bits per heavy atom. The predicted octanol–water partition coefficient (Wildman–Crippen LogP) is 6.66. The third kappa shape index (κ3) is 3.91. The number of rotatable bonds is 5. The molecular weight excluding hydrogens is 390 g/mol. The Labute approximate surface area is 191 Å². The summed E-state index contributed by atoms with van der Waals surface area (Å²) in [5.74, 6) is 2.19. The molecule has 1 unspecified atom stereocenters. The summed E-state index contributed by atoms with van der Waals surface area (Å²) < 4.78 is 0. The smallest absolute Gasteiger partial charge is 0.129 e. The van der Waals surface area contributed by atoms with E-state index in [4.69, 9.17) is 4.99 Å². The van der Waals surface area contributed by atoms with Crippen molar-refractivity contribution in [1.29, 1.82) is 5.26 Å². The maximum atomic E-state index is 9.66. The number of amidine groups is 1. The fourth-order valence-corrected chi connectivity index (χ4v) is 5.44. The zero-order valence-electron chi connectivity index (χ0n) is 19.1. The summed E-state index contributed by atoms with van der Waals surface area (Å²) in [7, 11) is 0. The van der Waals surface area contributed by atoms with Crippen molar-refractivity contribution in [1.82, 2.24) is 5.32 Å². The summed E-state index contributed by atoms with van der Waals surface area (Å²) in [6, 6.07) is 22.2. The molecule has 1 aliphatic carbocycles. The average molecular weight is 422 g/mol. The Balaban J connectivity index is 1.43. The lowest BCUT2D eigenvalue weighted by molar-refractivity contribution is 0.645. The molecule has 162 valence electrons. The van der Waals surface area contributed by atoms with Gasteiger partial charge in [-0.05, 0) is 64.6 Å². The van der Waals surface area contributed by atoms with Crippen molar-refractivity contribution in [3.63, 3.8) is 0 Å². The number of nitriles is 1. The first kappa shape index (κ1) is 20.8. The molecule has 3 aromatic carbocycles. The van der Waals surface area contributed by atoms with Gasteiger partial charge in [0.25, 0.3) is 0 Å². The van der Waals surface area contributed by atoms with Crippen LogP contribution in [0.3, 0.4) is 0 Å². The monoisotopic (exact) mass is 421 g/mol. The van der Waals surface area contributed by atoms with Crippen molar-refractivity contribution in [2.24, 2.45) is 10.9 Å². The molecule has 0 aromatic heterocycles. The second-order valence-corrected chi connectivity index (χ2v) is 9.74. The summed E-state index contributed by atoms with van der Waals surface area (Å²) in [4.78, 5) is 4.89. The molecule has 1 heterocycles. The molecule has 1 fully saturated rings. The van der Waals surface area contributed by atoms with Crippen LogP contribution in [0.15, 0.2) is 59.6 Å². The molecule has 1 saturated carbocycles. The van der Waals surface area contributed by atoms with Gasteiger partial charge < -0.3 is 5.32 Å². The van der Waals surface area contributed by atoms with E-state index in [1.54, 1.807) is 0 Å². The summed E-state index contributed by atoms with van der Waals surface area (Å²) >= 11 is 0. The number of aliphatic imine (C=N–C) groups is 1. The highest BCUT2D eigenvalue weighted by Gasteiger charge is 2.24. The van der Waals surface area contributed by atoms with Gasteiger partial charge in [0.1, 0.15) is 5.84 Å². The largest absolute Gasteiger partial charge is 0.361 e. The molecule has 1 N–H and O–H groups in total. The molecule has 0 amide bonds. The molecule has 32 heavy (non-hydrogen) atoms. The summed E-state index contributed by atoms with van der Waals surface area (Å²) in [6.45, 7) is 5.08. The Bertz CT molecular complexity index is 1210. The third-order valence-electron chi connectivity index (χ3n) is 7.04. The van der Waals surface area contributed by atoms with Gasteiger partial charge in [-0.3, -0.25) is 4.99 Å². The Hall–Kier alpha value is -3.12. The van der Waals surface area contributed by atoms with Crippen molar-refractivity contribution < 1.29 is 0 Å². The standard InChI is InChI=1S/C29H31N3/c1-19(2)15-21-11-12-22(16-23(21)17-30)28-18-31-29(32-28)27-14-13-24(20-7-3-4-8-20)25-9-5-6-10-26(25)27/h5-6,9-14,16,19-20,28H,3-4,7-8,15,18H2,1-2H3,(H,31,32). The molecule has 0 radical (unpaired) electrons. The van der Waals surface area contributed by atoms with Crippen LogP contribution in [0, 0.1) is 17.2 Å². The van der Waals surface area contributed by atoms with Crippen LogP contribution in [-0.4, -0.2) is 12.4 Å². The van der Waals surface area contributed by atoms with E-state index >= 15 is 0 Å². The molecule has 0 spiro atoms. The quantitative estimate of drug-likeness (QED) is 0.501. The van der Waals surface area contributed by atoms with Gasteiger partial charge >= 0.3 is 0 Å². The highest BCUT2D eigenvalue weighted by molar-refractivity contribution is 6.11. The maximum absolute atomic E-state index is 9.66. The highest BCUT2D eigenvalue weighted by atomic mass is 15.1. The van der Waals surface area contributed by atoms with Crippen LogP contribution in [0.2, 0.25) is 0 Å². The van der Waals surface area contributed by atoms with Gasteiger partial charge in [0.05, 0.1) is 24.2 Å². The minimum atomic E-state index is 0.110. The Kier molecular flexibility index (Phi) is 5.70. The summed E-state index contributed by atoms with van der Waals surface area (Å²) in [5, 5.41) is 16.0. The molecule has 3 nitrogen and oxygen atoms in total. The fourth-order valence-electron chi connectivity index (χ4n) is 5.44. The number of hydrogen-bond donors (Lipinski definition) is 1. The fraction of sp³-hybridized carbons (Fsp3) is 0.379. The van der Waals surface area contributed by atoms with Gasteiger partial charge in [-0.1, -0.05) is 75.2 Å². The lowest BCUT2D eigenvalue weighted by Crippen LogP contribution is -2.24.